The van der Waals surface area contributed by atoms with Crippen molar-refractivity contribution in [2.45, 2.75) is 33.1 Å². The lowest BCUT2D eigenvalue weighted by Gasteiger charge is -2.23. The van der Waals surface area contributed by atoms with Gasteiger partial charge in [-0.3, -0.25) is 9.78 Å². The maximum Gasteiger partial charge on any atom is 0.262 e. The normalized spacial score (nSPS) is 10.8. The summed E-state index contributed by atoms with van der Waals surface area (Å²) in [4.78, 5) is 18.5. The second kappa shape index (κ2) is 7.13. The SMILES string of the molecule is CCCN(C(=O)c1cc(C(C)C)c(O)cc1O)c1cccnc1. The number of aromatic hydroxyl groups is 2. The molecule has 1 amide bonds. The third-order valence-corrected chi connectivity index (χ3v) is 3.65. The number of phenols is 2. The van der Waals surface area contributed by atoms with E-state index in [0.29, 0.717) is 17.8 Å². The van der Waals surface area contributed by atoms with Crippen molar-refractivity contribution in [3.8, 4) is 11.5 Å². The zero-order valence-electron chi connectivity index (χ0n) is 13.7. The Kier molecular flexibility index (Phi) is 5.21. The number of amides is 1. The van der Waals surface area contributed by atoms with E-state index in [0.717, 1.165) is 6.42 Å². The quantitative estimate of drug-likeness (QED) is 0.883. The minimum atomic E-state index is -0.306. The highest BCUT2D eigenvalue weighted by molar-refractivity contribution is 6.08. The van der Waals surface area contributed by atoms with E-state index in [1.54, 1.807) is 35.5 Å². The predicted molar refractivity (Wildman–Crippen MR) is 90.1 cm³/mol. The van der Waals surface area contributed by atoms with Gasteiger partial charge in [-0.25, -0.2) is 0 Å². The number of hydrogen-bond donors (Lipinski definition) is 2. The summed E-state index contributed by atoms with van der Waals surface area (Å²) >= 11 is 0. The highest BCUT2D eigenvalue weighted by atomic mass is 16.3. The van der Waals surface area contributed by atoms with Gasteiger partial charge in [0.15, 0.2) is 0 Å². The van der Waals surface area contributed by atoms with Gasteiger partial charge in [0.25, 0.3) is 5.91 Å². The molecule has 0 unspecified atom stereocenters. The minimum absolute atomic E-state index is 0.00234. The molecule has 0 spiro atoms. The number of carbonyl (C=O) groups is 1. The van der Waals surface area contributed by atoms with Crippen molar-refractivity contribution in [3.05, 3.63) is 47.8 Å². The Labute approximate surface area is 136 Å². The molecule has 0 aliphatic heterocycles. The number of anilines is 1. The molecule has 2 N–H and O–H groups in total. The van der Waals surface area contributed by atoms with Crippen molar-refractivity contribution in [1.82, 2.24) is 4.98 Å². The molecule has 1 aromatic heterocycles. The van der Waals surface area contributed by atoms with Crippen LogP contribution in [0.25, 0.3) is 0 Å². The van der Waals surface area contributed by atoms with Crippen LogP contribution in [0.4, 0.5) is 5.69 Å². The fourth-order valence-corrected chi connectivity index (χ4v) is 2.46. The van der Waals surface area contributed by atoms with Crippen molar-refractivity contribution in [2.75, 3.05) is 11.4 Å². The Morgan fingerprint density at radius 2 is 2.00 bits per heavy atom. The van der Waals surface area contributed by atoms with Gasteiger partial charge in [0.1, 0.15) is 11.5 Å². The van der Waals surface area contributed by atoms with Crippen molar-refractivity contribution in [1.29, 1.82) is 0 Å². The number of benzene rings is 1. The third-order valence-electron chi connectivity index (χ3n) is 3.65. The molecule has 2 aromatic rings. The van der Waals surface area contributed by atoms with Crippen LogP contribution in [0.3, 0.4) is 0 Å². The number of phenolic OH excluding ortho intramolecular Hbond substituents is 2. The van der Waals surface area contributed by atoms with Gasteiger partial charge in [0.05, 0.1) is 17.4 Å². The fourth-order valence-electron chi connectivity index (χ4n) is 2.46. The van der Waals surface area contributed by atoms with Crippen LogP contribution >= 0.6 is 0 Å². The monoisotopic (exact) mass is 314 g/mol. The first-order valence-electron chi connectivity index (χ1n) is 7.73. The lowest BCUT2D eigenvalue weighted by molar-refractivity contribution is 0.0984. The van der Waals surface area contributed by atoms with E-state index < -0.39 is 0 Å². The lowest BCUT2D eigenvalue weighted by atomic mass is 9.98. The summed E-state index contributed by atoms with van der Waals surface area (Å²) in [5.41, 5.74) is 1.50. The van der Waals surface area contributed by atoms with Crippen LogP contribution in [0.5, 0.6) is 11.5 Å². The third kappa shape index (κ3) is 3.62. The standard InChI is InChI=1S/C18H22N2O3/c1-4-8-20(13-6-5-7-19-11-13)18(23)15-9-14(12(2)3)16(21)10-17(15)22/h5-7,9-12,21-22H,4,8H2,1-3H3. The molecule has 0 aliphatic carbocycles. The minimum Gasteiger partial charge on any atom is -0.508 e. The highest BCUT2D eigenvalue weighted by Crippen LogP contribution is 2.33. The maximum absolute atomic E-state index is 12.9. The summed E-state index contributed by atoms with van der Waals surface area (Å²) in [6, 6.07) is 6.37. The van der Waals surface area contributed by atoms with Gasteiger partial charge in [-0.05, 0) is 36.1 Å². The Morgan fingerprint density at radius 3 is 2.57 bits per heavy atom. The number of carbonyl (C=O) groups excluding carboxylic acids is 1. The molecule has 0 fully saturated rings. The van der Waals surface area contributed by atoms with Crippen LogP contribution in [0, 0.1) is 0 Å². The van der Waals surface area contributed by atoms with E-state index in [9.17, 15) is 15.0 Å². The van der Waals surface area contributed by atoms with Crippen molar-refractivity contribution in [2.24, 2.45) is 0 Å². The highest BCUT2D eigenvalue weighted by Gasteiger charge is 2.22. The summed E-state index contributed by atoms with van der Waals surface area (Å²) < 4.78 is 0. The van der Waals surface area contributed by atoms with Crippen LogP contribution in [0.2, 0.25) is 0 Å². The van der Waals surface area contributed by atoms with Crippen LogP contribution < -0.4 is 4.90 Å². The van der Waals surface area contributed by atoms with Crippen molar-refractivity contribution >= 4 is 11.6 Å². The molecule has 1 heterocycles. The molecule has 23 heavy (non-hydrogen) atoms. The topological polar surface area (TPSA) is 73.7 Å². The molecular formula is C18H22N2O3. The van der Waals surface area contributed by atoms with Gasteiger partial charge in [0.2, 0.25) is 0 Å². The summed E-state index contributed by atoms with van der Waals surface area (Å²) in [5, 5.41) is 20.0. The Hall–Kier alpha value is -2.56. The molecule has 0 radical (unpaired) electrons. The first-order valence-corrected chi connectivity index (χ1v) is 7.73. The zero-order chi connectivity index (χ0) is 17.0. The Bertz CT molecular complexity index is 684. The molecule has 0 aliphatic rings. The summed E-state index contributed by atoms with van der Waals surface area (Å²) in [6.07, 6.45) is 4.04. The average Bonchev–Trinajstić information content (AvgIpc) is 2.52. The van der Waals surface area contributed by atoms with E-state index in [4.69, 9.17) is 0 Å². The maximum atomic E-state index is 12.9. The number of hydrogen-bond acceptors (Lipinski definition) is 4. The molecule has 0 saturated heterocycles. The van der Waals surface area contributed by atoms with Gasteiger partial charge < -0.3 is 15.1 Å². The van der Waals surface area contributed by atoms with Gasteiger partial charge in [-0.15, -0.1) is 0 Å². The van der Waals surface area contributed by atoms with E-state index in [-0.39, 0.29) is 28.9 Å². The zero-order valence-corrected chi connectivity index (χ0v) is 13.7. The Balaban J connectivity index is 2.46. The van der Waals surface area contributed by atoms with Crippen LogP contribution in [-0.2, 0) is 0 Å². The molecule has 122 valence electrons. The van der Waals surface area contributed by atoms with Crippen molar-refractivity contribution in [3.63, 3.8) is 0 Å². The van der Waals surface area contributed by atoms with E-state index in [2.05, 4.69) is 4.98 Å². The first-order chi connectivity index (χ1) is 11.0. The number of rotatable bonds is 5. The van der Waals surface area contributed by atoms with Crippen LogP contribution in [0.15, 0.2) is 36.7 Å². The first kappa shape index (κ1) is 16.8. The van der Waals surface area contributed by atoms with E-state index >= 15 is 0 Å². The summed E-state index contributed by atoms with van der Waals surface area (Å²) in [5.74, 6) is -0.487. The molecule has 0 atom stereocenters. The van der Waals surface area contributed by atoms with Gasteiger partial charge >= 0.3 is 0 Å². The molecule has 1 aromatic carbocycles. The molecular weight excluding hydrogens is 292 g/mol. The molecule has 5 heteroatoms. The van der Waals surface area contributed by atoms with Gasteiger partial charge in [0, 0.05) is 18.8 Å². The van der Waals surface area contributed by atoms with E-state index in [1.165, 1.54) is 6.07 Å². The Morgan fingerprint density at radius 1 is 1.26 bits per heavy atom. The second-order valence-electron chi connectivity index (χ2n) is 5.75. The number of pyridine rings is 1. The summed E-state index contributed by atoms with van der Waals surface area (Å²) in [6.45, 7) is 6.34. The van der Waals surface area contributed by atoms with Gasteiger partial charge in [-0.1, -0.05) is 20.8 Å². The second-order valence-corrected chi connectivity index (χ2v) is 5.75. The lowest BCUT2D eigenvalue weighted by Crippen LogP contribution is -2.31. The molecule has 5 nitrogen and oxygen atoms in total. The van der Waals surface area contributed by atoms with Crippen LogP contribution in [0.1, 0.15) is 49.0 Å². The fraction of sp³-hybridized carbons (Fsp3) is 0.333. The number of nitrogens with zero attached hydrogens (tertiary/aromatic N) is 2. The largest absolute Gasteiger partial charge is 0.508 e. The van der Waals surface area contributed by atoms with Crippen LogP contribution in [-0.4, -0.2) is 27.6 Å². The average molecular weight is 314 g/mol. The number of aromatic nitrogens is 1. The van der Waals surface area contributed by atoms with Gasteiger partial charge in [-0.2, -0.15) is 0 Å². The smallest absolute Gasteiger partial charge is 0.262 e. The van der Waals surface area contributed by atoms with Crippen molar-refractivity contribution < 1.29 is 15.0 Å². The molecule has 0 saturated carbocycles. The summed E-state index contributed by atoms with van der Waals surface area (Å²) in [7, 11) is 0. The molecule has 0 bridgehead atoms. The predicted octanol–water partition coefficient (Wildman–Crippen LogP) is 3.67. The molecule has 2 rings (SSSR count). The van der Waals surface area contributed by atoms with E-state index in [1.807, 2.05) is 20.8 Å².